The largest absolute Gasteiger partial charge is 0.350 e. The molecule has 0 fully saturated rings. The van der Waals surface area contributed by atoms with Crippen LogP contribution in [0.15, 0.2) is 29.3 Å². The van der Waals surface area contributed by atoms with Crippen LogP contribution in [-0.2, 0) is 6.42 Å². The Morgan fingerprint density at radius 3 is 3.00 bits per heavy atom. The zero-order valence-corrected chi connectivity index (χ0v) is 8.61. The number of hydrogen-bond acceptors (Lipinski definition) is 2. The average molecular weight is 188 g/mol. The van der Waals surface area contributed by atoms with Crippen LogP contribution in [0.4, 0.5) is 5.69 Å². The number of aliphatic imine (C=N–C) groups is 1. The van der Waals surface area contributed by atoms with E-state index in [2.05, 4.69) is 47.8 Å². The Morgan fingerprint density at radius 1 is 1.43 bits per heavy atom. The molecule has 0 N–H and O–H groups in total. The van der Waals surface area contributed by atoms with E-state index in [-0.39, 0.29) is 6.17 Å². The Kier molecular flexibility index (Phi) is 2.53. The minimum Gasteiger partial charge on any atom is -0.350 e. The molecular weight excluding hydrogens is 172 g/mol. The second kappa shape index (κ2) is 3.82. The summed E-state index contributed by atoms with van der Waals surface area (Å²) in [4.78, 5) is 6.41. The minimum atomic E-state index is 0.191. The van der Waals surface area contributed by atoms with E-state index < -0.39 is 0 Å². The van der Waals surface area contributed by atoms with Crippen molar-refractivity contribution in [3.63, 3.8) is 0 Å². The number of para-hydroxylation sites is 1. The molecule has 0 saturated heterocycles. The van der Waals surface area contributed by atoms with Crippen molar-refractivity contribution in [2.24, 2.45) is 4.99 Å². The zero-order valence-electron chi connectivity index (χ0n) is 8.61. The Bertz CT molecular complexity index is 333. The molecule has 14 heavy (non-hydrogen) atoms. The van der Waals surface area contributed by atoms with Crippen LogP contribution < -0.4 is 4.90 Å². The summed E-state index contributed by atoms with van der Waals surface area (Å²) < 4.78 is 0. The Hall–Kier alpha value is -1.31. The number of anilines is 1. The smallest absolute Gasteiger partial charge is 0.117 e. The Labute approximate surface area is 85.3 Å². The maximum absolute atomic E-state index is 4.09. The van der Waals surface area contributed by atoms with E-state index in [1.807, 2.05) is 0 Å². The Balaban J connectivity index is 2.35. The molecule has 1 aromatic rings. The van der Waals surface area contributed by atoms with Gasteiger partial charge in [0.05, 0.1) is 0 Å². The molecule has 1 aromatic carbocycles. The molecule has 1 atom stereocenters. The monoisotopic (exact) mass is 188 g/mol. The first-order valence-corrected chi connectivity index (χ1v) is 5.13. The van der Waals surface area contributed by atoms with E-state index >= 15 is 0 Å². The summed E-state index contributed by atoms with van der Waals surface area (Å²) in [5.74, 6) is 0. The van der Waals surface area contributed by atoms with Crippen LogP contribution in [-0.4, -0.2) is 19.4 Å². The minimum absolute atomic E-state index is 0.191. The van der Waals surface area contributed by atoms with Crippen molar-refractivity contribution >= 4 is 12.4 Å². The third kappa shape index (κ3) is 1.52. The van der Waals surface area contributed by atoms with Crippen molar-refractivity contribution in [3.05, 3.63) is 29.8 Å². The predicted octanol–water partition coefficient (Wildman–Crippen LogP) is 2.49. The number of hydrogen-bond donors (Lipinski definition) is 0. The van der Waals surface area contributed by atoms with Crippen molar-refractivity contribution < 1.29 is 0 Å². The Morgan fingerprint density at radius 2 is 2.21 bits per heavy atom. The van der Waals surface area contributed by atoms with Crippen LogP contribution in [0.1, 0.15) is 18.9 Å². The van der Waals surface area contributed by atoms with E-state index in [4.69, 9.17) is 0 Å². The molecular formula is C12H16N2. The predicted molar refractivity (Wildman–Crippen MR) is 61.1 cm³/mol. The molecule has 2 nitrogen and oxygen atoms in total. The molecule has 2 rings (SSSR count). The van der Waals surface area contributed by atoms with Gasteiger partial charge >= 0.3 is 0 Å². The second-order valence-electron chi connectivity index (χ2n) is 3.74. The lowest BCUT2D eigenvalue weighted by atomic mass is 10.0. The first-order chi connectivity index (χ1) is 6.83. The topological polar surface area (TPSA) is 15.6 Å². The van der Waals surface area contributed by atoms with Crippen LogP contribution in [0.25, 0.3) is 0 Å². The highest BCUT2D eigenvalue weighted by atomic mass is 15.2. The summed E-state index contributed by atoms with van der Waals surface area (Å²) in [6.45, 7) is 6.80. The van der Waals surface area contributed by atoms with Crippen molar-refractivity contribution in [1.82, 2.24) is 0 Å². The number of rotatable bonds is 2. The molecule has 0 bridgehead atoms. The summed E-state index contributed by atoms with van der Waals surface area (Å²) in [5.41, 5.74) is 2.77. The molecule has 0 saturated carbocycles. The van der Waals surface area contributed by atoms with Gasteiger partial charge in [-0.2, -0.15) is 0 Å². The van der Waals surface area contributed by atoms with Gasteiger partial charge in [-0.25, -0.2) is 0 Å². The molecule has 0 amide bonds. The first kappa shape index (κ1) is 9.25. The second-order valence-corrected chi connectivity index (χ2v) is 3.74. The molecule has 1 unspecified atom stereocenters. The van der Waals surface area contributed by atoms with Gasteiger partial charge in [0.25, 0.3) is 0 Å². The highest BCUT2D eigenvalue weighted by Crippen LogP contribution is 2.28. The fourth-order valence-corrected chi connectivity index (χ4v) is 2.05. The highest BCUT2D eigenvalue weighted by Gasteiger charge is 2.19. The average Bonchev–Trinajstić information content (AvgIpc) is 2.27. The molecule has 0 spiro atoms. The maximum Gasteiger partial charge on any atom is 0.117 e. The fourth-order valence-electron chi connectivity index (χ4n) is 2.05. The zero-order chi connectivity index (χ0) is 9.97. The fraction of sp³-hybridized carbons (Fsp3) is 0.417. The van der Waals surface area contributed by atoms with Gasteiger partial charge in [-0.15, -0.1) is 0 Å². The van der Waals surface area contributed by atoms with Crippen molar-refractivity contribution in [2.75, 3.05) is 11.4 Å². The lowest BCUT2D eigenvalue weighted by Crippen LogP contribution is -2.35. The van der Waals surface area contributed by atoms with Crippen molar-refractivity contribution in [2.45, 2.75) is 25.9 Å². The molecule has 0 radical (unpaired) electrons. The molecule has 0 aromatic heterocycles. The summed E-state index contributed by atoms with van der Waals surface area (Å²) in [7, 11) is 0. The van der Waals surface area contributed by atoms with E-state index in [9.17, 15) is 0 Å². The molecule has 74 valence electrons. The van der Waals surface area contributed by atoms with E-state index in [0.29, 0.717) is 0 Å². The molecule has 0 aliphatic carbocycles. The van der Waals surface area contributed by atoms with E-state index in [1.54, 1.807) is 0 Å². The van der Waals surface area contributed by atoms with Gasteiger partial charge in [-0.3, -0.25) is 4.99 Å². The van der Waals surface area contributed by atoms with Crippen molar-refractivity contribution in [1.29, 1.82) is 0 Å². The normalized spacial score (nSPS) is 17.4. The van der Waals surface area contributed by atoms with Crippen LogP contribution in [0, 0.1) is 0 Å². The number of fused-ring (bicyclic) bond motifs is 1. The van der Waals surface area contributed by atoms with E-state index in [0.717, 1.165) is 6.54 Å². The third-order valence-electron chi connectivity index (χ3n) is 2.86. The first-order valence-electron chi connectivity index (χ1n) is 5.13. The molecule has 1 heterocycles. The lowest BCUT2D eigenvalue weighted by molar-refractivity contribution is 0.613. The van der Waals surface area contributed by atoms with Gasteiger partial charge in [-0.05, 0) is 38.1 Å². The molecule has 2 heteroatoms. The SMILES string of the molecule is C=NC(C)N1CCCc2ccccc21. The van der Waals surface area contributed by atoms with Gasteiger partial charge in [0.2, 0.25) is 0 Å². The summed E-state index contributed by atoms with van der Waals surface area (Å²) in [5, 5.41) is 0. The number of benzene rings is 1. The van der Waals surface area contributed by atoms with Crippen LogP contribution in [0.3, 0.4) is 0 Å². The van der Waals surface area contributed by atoms with Gasteiger partial charge in [0, 0.05) is 12.2 Å². The standard InChI is InChI=1S/C12H16N2/c1-10(13-2)14-9-5-7-11-6-3-4-8-12(11)14/h3-4,6,8,10H,2,5,7,9H2,1H3. The summed E-state index contributed by atoms with van der Waals surface area (Å²) in [6, 6.07) is 8.58. The van der Waals surface area contributed by atoms with E-state index in [1.165, 1.54) is 24.1 Å². The van der Waals surface area contributed by atoms with Gasteiger partial charge in [-0.1, -0.05) is 18.2 Å². The van der Waals surface area contributed by atoms with Crippen LogP contribution in [0.2, 0.25) is 0 Å². The van der Waals surface area contributed by atoms with Gasteiger partial charge < -0.3 is 4.90 Å². The molecule has 1 aliphatic heterocycles. The third-order valence-corrected chi connectivity index (χ3v) is 2.86. The van der Waals surface area contributed by atoms with Crippen molar-refractivity contribution in [3.8, 4) is 0 Å². The quantitative estimate of drug-likeness (QED) is 0.651. The van der Waals surface area contributed by atoms with Gasteiger partial charge in [0.15, 0.2) is 0 Å². The van der Waals surface area contributed by atoms with Crippen LogP contribution in [0.5, 0.6) is 0 Å². The van der Waals surface area contributed by atoms with Crippen LogP contribution >= 0.6 is 0 Å². The summed E-state index contributed by atoms with van der Waals surface area (Å²) in [6.07, 6.45) is 2.60. The number of aryl methyl sites for hydroxylation is 1. The maximum atomic E-state index is 4.09. The summed E-state index contributed by atoms with van der Waals surface area (Å²) >= 11 is 0. The number of nitrogens with zero attached hydrogens (tertiary/aromatic N) is 2. The van der Waals surface area contributed by atoms with Gasteiger partial charge in [0.1, 0.15) is 6.17 Å². The molecule has 1 aliphatic rings. The highest BCUT2D eigenvalue weighted by molar-refractivity contribution is 5.56. The lowest BCUT2D eigenvalue weighted by Gasteiger charge is -2.34.